The van der Waals surface area contributed by atoms with E-state index in [9.17, 15) is 4.79 Å². The van der Waals surface area contributed by atoms with Gasteiger partial charge in [-0.2, -0.15) is 0 Å². The van der Waals surface area contributed by atoms with Gasteiger partial charge in [-0.3, -0.25) is 4.79 Å². The summed E-state index contributed by atoms with van der Waals surface area (Å²) in [4.78, 5) is 14.1. The van der Waals surface area contributed by atoms with E-state index < -0.39 is 0 Å². The molecule has 1 N–H and O–H groups in total. The van der Waals surface area contributed by atoms with Gasteiger partial charge in [0.2, 0.25) is 0 Å². The summed E-state index contributed by atoms with van der Waals surface area (Å²) < 4.78 is 0. The first kappa shape index (κ1) is 9.85. The van der Waals surface area contributed by atoms with Gasteiger partial charge in [-0.05, 0) is 19.1 Å². The fraction of sp³-hybridized carbons (Fsp3) is 0.462. The number of carbonyl (C=O) groups excluding carboxylic acids is 1. The SMILES string of the molecule is Cc1ccc(C(=O)N2C[C@H]3CN[C@H]3C2)cc1. The summed E-state index contributed by atoms with van der Waals surface area (Å²) >= 11 is 0. The van der Waals surface area contributed by atoms with Crippen LogP contribution >= 0.6 is 0 Å². The highest BCUT2D eigenvalue weighted by Gasteiger charge is 2.40. The maximum Gasteiger partial charge on any atom is 0.253 e. The number of fused-ring (bicyclic) bond motifs is 1. The largest absolute Gasteiger partial charge is 0.337 e. The van der Waals surface area contributed by atoms with Crippen LogP contribution in [0.1, 0.15) is 15.9 Å². The van der Waals surface area contributed by atoms with E-state index in [4.69, 9.17) is 0 Å². The normalized spacial score (nSPS) is 27.4. The smallest absolute Gasteiger partial charge is 0.253 e. The first-order valence-corrected chi connectivity index (χ1v) is 5.83. The van der Waals surface area contributed by atoms with Crippen LogP contribution in [0.3, 0.4) is 0 Å². The van der Waals surface area contributed by atoms with Gasteiger partial charge in [0.05, 0.1) is 0 Å². The number of nitrogens with one attached hydrogen (secondary N) is 1. The fourth-order valence-electron chi connectivity index (χ4n) is 2.50. The molecule has 0 unspecified atom stereocenters. The summed E-state index contributed by atoms with van der Waals surface area (Å²) in [6, 6.07) is 8.39. The maximum atomic E-state index is 12.2. The van der Waals surface area contributed by atoms with Crippen LogP contribution in [0, 0.1) is 12.8 Å². The molecule has 0 saturated carbocycles. The van der Waals surface area contributed by atoms with E-state index in [2.05, 4.69) is 5.32 Å². The zero-order valence-corrected chi connectivity index (χ0v) is 9.44. The van der Waals surface area contributed by atoms with Crippen molar-refractivity contribution in [3.05, 3.63) is 35.4 Å². The van der Waals surface area contributed by atoms with Crippen molar-refractivity contribution in [1.82, 2.24) is 10.2 Å². The molecule has 0 radical (unpaired) electrons. The minimum absolute atomic E-state index is 0.177. The van der Waals surface area contributed by atoms with Gasteiger partial charge in [0, 0.05) is 37.2 Å². The van der Waals surface area contributed by atoms with Crippen molar-refractivity contribution in [2.24, 2.45) is 5.92 Å². The van der Waals surface area contributed by atoms with Crippen molar-refractivity contribution in [1.29, 1.82) is 0 Å². The van der Waals surface area contributed by atoms with E-state index in [1.807, 2.05) is 36.1 Å². The molecule has 3 nitrogen and oxygen atoms in total. The van der Waals surface area contributed by atoms with Gasteiger partial charge in [-0.15, -0.1) is 0 Å². The highest BCUT2D eigenvalue weighted by Crippen LogP contribution is 2.24. The number of likely N-dealkylation sites (tertiary alicyclic amines) is 1. The number of carbonyl (C=O) groups is 1. The van der Waals surface area contributed by atoms with Gasteiger partial charge in [-0.25, -0.2) is 0 Å². The van der Waals surface area contributed by atoms with Gasteiger partial charge in [-0.1, -0.05) is 17.7 Å². The zero-order chi connectivity index (χ0) is 11.1. The van der Waals surface area contributed by atoms with Gasteiger partial charge in [0.1, 0.15) is 0 Å². The van der Waals surface area contributed by atoms with E-state index in [1.165, 1.54) is 5.56 Å². The molecule has 2 atom stereocenters. The van der Waals surface area contributed by atoms with E-state index >= 15 is 0 Å². The van der Waals surface area contributed by atoms with Crippen LogP contribution in [-0.4, -0.2) is 36.5 Å². The lowest BCUT2D eigenvalue weighted by Gasteiger charge is -2.29. The van der Waals surface area contributed by atoms with Gasteiger partial charge in [0.25, 0.3) is 5.91 Å². The van der Waals surface area contributed by atoms with Crippen molar-refractivity contribution in [3.63, 3.8) is 0 Å². The Balaban J connectivity index is 1.75. The zero-order valence-electron chi connectivity index (χ0n) is 9.44. The second-order valence-corrected chi connectivity index (χ2v) is 4.85. The number of rotatable bonds is 1. The Morgan fingerprint density at radius 1 is 1.31 bits per heavy atom. The molecule has 16 heavy (non-hydrogen) atoms. The molecule has 1 amide bonds. The van der Waals surface area contributed by atoms with Crippen molar-refractivity contribution in [3.8, 4) is 0 Å². The number of amides is 1. The summed E-state index contributed by atoms with van der Waals surface area (Å²) in [5.74, 6) is 0.866. The monoisotopic (exact) mass is 216 g/mol. The van der Waals surface area contributed by atoms with E-state index in [1.54, 1.807) is 0 Å². The van der Waals surface area contributed by atoms with Gasteiger partial charge in [0.15, 0.2) is 0 Å². The van der Waals surface area contributed by atoms with Crippen LogP contribution in [0.25, 0.3) is 0 Å². The van der Waals surface area contributed by atoms with Crippen LogP contribution in [0.15, 0.2) is 24.3 Å². The lowest BCUT2D eigenvalue weighted by molar-refractivity contribution is 0.0789. The second-order valence-electron chi connectivity index (χ2n) is 4.85. The molecule has 0 aromatic heterocycles. The summed E-state index contributed by atoms with van der Waals surface area (Å²) in [6.07, 6.45) is 0. The van der Waals surface area contributed by atoms with Crippen molar-refractivity contribution in [2.75, 3.05) is 19.6 Å². The van der Waals surface area contributed by atoms with Crippen LogP contribution < -0.4 is 5.32 Å². The molecule has 2 heterocycles. The minimum atomic E-state index is 0.177. The molecular formula is C13H16N2O. The molecule has 2 aliphatic rings. The number of hydrogen-bond acceptors (Lipinski definition) is 2. The first-order chi connectivity index (χ1) is 7.74. The molecule has 0 bridgehead atoms. The molecule has 2 fully saturated rings. The maximum absolute atomic E-state index is 12.2. The number of nitrogens with zero attached hydrogens (tertiary/aromatic N) is 1. The molecule has 1 aromatic carbocycles. The Kier molecular flexibility index (Phi) is 2.21. The molecule has 0 aliphatic carbocycles. The Morgan fingerprint density at radius 3 is 2.56 bits per heavy atom. The highest BCUT2D eigenvalue weighted by molar-refractivity contribution is 5.94. The molecule has 1 aromatic rings. The number of aryl methyl sites for hydroxylation is 1. The second kappa shape index (κ2) is 3.59. The number of hydrogen-bond donors (Lipinski definition) is 1. The predicted molar refractivity (Wildman–Crippen MR) is 62.4 cm³/mol. The third-order valence-corrected chi connectivity index (χ3v) is 3.67. The Bertz CT molecular complexity index is 400. The third-order valence-electron chi connectivity index (χ3n) is 3.67. The summed E-state index contributed by atoms with van der Waals surface area (Å²) in [6.45, 7) is 4.90. The molecule has 0 spiro atoms. The van der Waals surface area contributed by atoms with Crippen LogP contribution in [0.5, 0.6) is 0 Å². The van der Waals surface area contributed by atoms with Crippen molar-refractivity contribution >= 4 is 5.91 Å². The number of benzene rings is 1. The topological polar surface area (TPSA) is 32.3 Å². The predicted octanol–water partition coefficient (Wildman–Crippen LogP) is 1.04. The summed E-state index contributed by atoms with van der Waals surface area (Å²) in [5.41, 5.74) is 2.01. The Morgan fingerprint density at radius 2 is 2.06 bits per heavy atom. The molecule has 3 rings (SSSR count). The lowest BCUT2D eigenvalue weighted by Crippen LogP contribution is -2.51. The van der Waals surface area contributed by atoms with E-state index in [0.29, 0.717) is 12.0 Å². The third kappa shape index (κ3) is 1.52. The Labute approximate surface area is 95.4 Å². The molecule has 2 saturated heterocycles. The van der Waals surface area contributed by atoms with Gasteiger partial charge < -0.3 is 10.2 Å². The van der Waals surface area contributed by atoms with Crippen LogP contribution in [0.2, 0.25) is 0 Å². The minimum Gasteiger partial charge on any atom is -0.337 e. The average Bonchev–Trinajstić information content (AvgIpc) is 2.55. The van der Waals surface area contributed by atoms with E-state index in [-0.39, 0.29) is 5.91 Å². The van der Waals surface area contributed by atoms with Crippen LogP contribution in [0.4, 0.5) is 0 Å². The van der Waals surface area contributed by atoms with Gasteiger partial charge >= 0.3 is 0 Å². The first-order valence-electron chi connectivity index (χ1n) is 5.83. The van der Waals surface area contributed by atoms with Crippen molar-refractivity contribution in [2.45, 2.75) is 13.0 Å². The molecule has 3 heteroatoms. The quantitative estimate of drug-likeness (QED) is 0.760. The molecular weight excluding hydrogens is 200 g/mol. The Hall–Kier alpha value is -1.35. The molecule has 84 valence electrons. The highest BCUT2D eigenvalue weighted by atomic mass is 16.2. The fourth-order valence-corrected chi connectivity index (χ4v) is 2.50. The summed E-state index contributed by atoms with van der Waals surface area (Å²) in [5, 5.41) is 3.36. The molecule has 2 aliphatic heterocycles. The van der Waals surface area contributed by atoms with E-state index in [0.717, 1.165) is 25.2 Å². The standard InChI is InChI=1S/C13H16N2O/c1-9-2-4-10(5-3-9)13(16)15-7-11-6-14-12(11)8-15/h2-5,11-12,14H,6-8H2,1H3/t11-,12+/m1/s1. The lowest BCUT2D eigenvalue weighted by atomic mass is 9.96. The average molecular weight is 216 g/mol. The summed E-state index contributed by atoms with van der Waals surface area (Å²) in [7, 11) is 0. The van der Waals surface area contributed by atoms with Crippen molar-refractivity contribution < 1.29 is 4.79 Å². The van der Waals surface area contributed by atoms with Crippen LogP contribution in [-0.2, 0) is 0 Å².